The molecule has 1 amide bonds. The molecule has 5 nitrogen and oxygen atoms in total. The zero-order valence-corrected chi connectivity index (χ0v) is 10.8. The van der Waals surface area contributed by atoms with Gasteiger partial charge in [0.2, 0.25) is 0 Å². The summed E-state index contributed by atoms with van der Waals surface area (Å²) in [6.45, 7) is 6.63. The topological polar surface area (TPSA) is 82.2 Å². The van der Waals surface area contributed by atoms with Gasteiger partial charge < -0.3 is 15.4 Å². The molecule has 0 bridgehead atoms. The number of aromatic carboxylic acids is 1. The summed E-state index contributed by atoms with van der Waals surface area (Å²) in [5.74, 6) is 0.982. The van der Waals surface area contributed by atoms with E-state index in [9.17, 15) is 9.59 Å². The average Bonchev–Trinajstić information content (AvgIpc) is 2.53. The molecule has 0 spiro atoms. The Balaban J connectivity index is 3.16. The molecule has 5 heteroatoms. The van der Waals surface area contributed by atoms with Gasteiger partial charge in [0, 0.05) is 5.69 Å². The zero-order chi connectivity index (χ0) is 14.1. The van der Waals surface area contributed by atoms with Gasteiger partial charge in [0.15, 0.2) is 0 Å². The molecule has 0 saturated heterocycles. The molecular formula is C13H16N2O3. The van der Waals surface area contributed by atoms with Crippen LogP contribution in [0.1, 0.15) is 46.0 Å². The minimum absolute atomic E-state index is 0.0242. The van der Waals surface area contributed by atoms with E-state index in [1.54, 1.807) is 27.7 Å². The maximum Gasteiger partial charge on any atom is 0.352 e. The summed E-state index contributed by atoms with van der Waals surface area (Å²) in [6, 6.07) is 0. The molecule has 0 aliphatic carbocycles. The van der Waals surface area contributed by atoms with Gasteiger partial charge in [-0.3, -0.25) is 4.79 Å². The third-order valence-corrected chi connectivity index (χ3v) is 2.67. The molecule has 18 heavy (non-hydrogen) atoms. The summed E-state index contributed by atoms with van der Waals surface area (Å²) in [7, 11) is 0. The van der Waals surface area contributed by atoms with E-state index in [1.165, 1.54) is 0 Å². The van der Waals surface area contributed by atoms with E-state index in [0.717, 1.165) is 0 Å². The first-order valence-corrected chi connectivity index (χ1v) is 5.42. The Morgan fingerprint density at radius 1 is 1.39 bits per heavy atom. The summed E-state index contributed by atoms with van der Waals surface area (Å²) in [6.07, 6.45) is 5.30. The Kier molecular flexibility index (Phi) is 3.52. The summed E-state index contributed by atoms with van der Waals surface area (Å²) in [5, 5.41) is 11.6. The van der Waals surface area contributed by atoms with E-state index in [1.807, 2.05) is 0 Å². The number of aromatic nitrogens is 1. The molecule has 3 N–H and O–H groups in total. The number of hydrogen-bond acceptors (Lipinski definition) is 2. The third kappa shape index (κ3) is 2.54. The monoisotopic (exact) mass is 248 g/mol. The van der Waals surface area contributed by atoms with E-state index in [-0.39, 0.29) is 11.6 Å². The quantitative estimate of drug-likeness (QED) is 0.708. The fourth-order valence-corrected chi connectivity index (χ4v) is 1.69. The number of carbonyl (C=O) groups excluding carboxylic acids is 1. The molecule has 0 aliphatic rings. The standard InChI is InChI=1S/C13H16N2O3/c1-6-13(4,5)15-11(16)9-7(2)10(12(17)18)14-8(9)3/h1,14H,2-5H3,(H,15,16)(H,17,18). The second kappa shape index (κ2) is 4.57. The highest BCUT2D eigenvalue weighted by Crippen LogP contribution is 2.18. The number of hydrogen-bond donors (Lipinski definition) is 3. The summed E-state index contributed by atoms with van der Waals surface area (Å²) < 4.78 is 0. The second-order valence-corrected chi connectivity index (χ2v) is 4.65. The van der Waals surface area contributed by atoms with Crippen LogP contribution >= 0.6 is 0 Å². The van der Waals surface area contributed by atoms with Gasteiger partial charge in [-0.25, -0.2) is 4.79 Å². The number of carbonyl (C=O) groups is 2. The number of nitrogens with one attached hydrogen (secondary N) is 2. The lowest BCUT2D eigenvalue weighted by molar-refractivity contribution is 0.0690. The van der Waals surface area contributed by atoms with Crippen LogP contribution < -0.4 is 5.32 Å². The lowest BCUT2D eigenvalue weighted by Gasteiger charge is -2.19. The van der Waals surface area contributed by atoms with Crippen molar-refractivity contribution >= 4 is 11.9 Å². The predicted molar refractivity (Wildman–Crippen MR) is 67.6 cm³/mol. The van der Waals surface area contributed by atoms with Crippen LogP contribution in [0, 0.1) is 26.2 Å². The van der Waals surface area contributed by atoms with Gasteiger partial charge in [0.05, 0.1) is 11.1 Å². The van der Waals surface area contributed by atoms with Crippen molar-refractivity contribution in [2.24, 2.45) is 0 Å². The molecule has 1 aromatic rings. The highest BCUT2D eigenvalue weighted by molar-refractivity contribution is 6.01. The van der Waals surface area contributed by atoms with Crippen molar-refractivity contribution in [2.45, 2.75) is 33.2 Å². The number of aryl methyl sites for hydroxylation is 1. The number of carboxylic acids is 1. The highest BCUT2D eigenvalue weighted by atomic mass is 16.4. The van der Waals surface area contributed by atoms with Gasteiger partial charge in [-0.2, -0.15) is 0 Å². The van der Waals surface area contributed by atoms with Crippen LogP contribution in [0.3, 0.4) is 0 Å². The predicted octanol–water partition coefficient (Wildman–Crippen LogP) is 1.47. The van der Waals surface area contributed by atoms with E-state index in [4.69, 9.17) is 11.5 Å². The first kappa shape index (κ1) is 13.8. The van der Waals surface area contributed by atoms with E-state index >= 15 is 0 Å². The minimum Gasteiger partial charge on any atom is -0.477 e. The number of aromatic amines is 1. The molecule has 1 rings (SSSR count). The molecule has 0 atom stereocenters. The molecule has 0 aliphatic heterocycles. The van der Waals surface area contributed by atoms with Crippen LogP contribution in [0.2, 0.25) is 0 Å². The van der Waals surface area contributed by atoms with E-state index in [0.29, 0.717) is 16.8 Å². The SMILES string of the molecule is C#CC(C)(C)NC(=O)c1c(C)[nH]c(C(=O)O)c1C. The maximum absolute atomic E-state index is 12.1. The van der Waals surface area contributed by atoms with Crippen LogP contribution in [0.15, 0.2) is 0 Å². The number of rotatable bonds is 3. The van der Waals surface area contributed by atoms with Crippen molar-refractivity contribution in [2.75, 3.05) is 0 Å². The molecule has 0 radical (unpaired) electrons. The number of amides is 1. The normalized spacial score (nSPS) is 10.8. The molecule has 0 saturated carbocycles. The van der Waals surface area contributed by atoms with Crippen molar-refractivity contribution < 1.29 is 14.7 Å². The Hall–Kier alpha value is -2.22. The highest BCUT2D eigenvalue weighted by Gasteiger charge is 2.25. The van der Waals surface area contributed by atoms with Crippen molar-refractivity contribution in [3.8, 4) is 12.3 Å². The van der Waals surface area contributed by atoms with Crippen molar-refractivity contribution in [3.63, 3.8) is 0 Å². The maximum atomic E-state index is 12.1. The van der Waals surface area contributed by atoms with Gasteiger partial charge in [-0.05, 0) is 33.3 Å². The van der Waals surface area contributed by atoms with Crippen LogP contribution in [-0.4, -0.2) is 27.5 Å². The van der Waals surface area contributed by atoms with Gasteiger partial charge in [0.1, 0.15) is 5.69 Å². The van der Waals surface area contributed by atoms with Crippen molar-refractivity contribution in [1.82, 2.24) is 10.3 Å². The molecule has 0 aromatic carbocycles. The van der Waals surface area contributed by atoms with Gasteiger partial charge in [0.25, 0.3) is 5.91 Å². The molecule has 1 aromatic heterocycles. The van der Waals surface area contributed by atoms with Crippen molar-refractivity contribution in [1.29, 1.82) is 0 Å². The van der Waals surface area contributed by atoms with Crippen molar-refractivity contribution in [3.05, 3.63) is 22.5 Å². The van der Waals surface area contributed by atoms with Crippen LogP contribution in [0.4, 0.5) is 0 Å². The molecule has 0 unspecified atom stereocenters. The van der Waals surface area contributed by atoms with Crippen LogP contribution in [0.5, 0.6) is 0 Å². The molecule has 1 heterocycles. The largest absolute Gasteiger partial charge is 0.477 e. The Morgan fingerprint density at radius 3 is 2.33 bits per heavy atom. The van der Waals surface area contributed by atoms with Gasteiger partial charge in [-0.1, -0.05) is 5.92 Å². The van der Waals surface area contributed by atoms with Crippen LogP contribution in [0.25, 0.3) is 0 Å². The first-order chi connectivity index (χ1) is 8.19. The van der Waals surface area contributed by atoms with Crippen LogP contribution in [-0.2, 0) is 0 Å². The fraction of sp³-hybridized carbons (Fsp3) is 0.385. The Labute approximate surface area is 106 Å². The molecule has 96 valence electrons. The summed E-state index contributed by atoms with van der Waals surface area (Å²) >= 11 is 0. The van der Waals surface area contributed by atoms with E-state index < -0.39 is 11.5 Å². The third-order valence-electron chi connectivity index (χ3n) is 2.67. The fourth-order valence-electron chi connectivity index (χ4n) is 1.69. The zero-order valence-electron chi connectivity index (χ0n) is 10.8. The number of terminal acetylenes is 1. The lowest BCUT2D eigenvalue weighted by atomic mass is 10.0. The average molecular weight is 248 g/mol. The van der Waals surface area contributed by atoms with Gasteiger partial charge >= 0.3 is 5.97 Å². The Bertz CT molecular complexity index is 547. The minimum atomic E-state index is -1.09. The summed E-state index contributed by atoms with van der Waals surface area (Å²) in [5.41, 5.74) is 0.490. The second-order valence-electron chi connectivity index (χ2n) is 4.65. The number of H-pyrrole nitrogens is 1. The Morgan fingerprint density at radius 2 is 1.94 bits per heavy atom. The lowest BCUT2D eigenvalue weighted by Crippen LogP contribution is -2.42. The molecule has 0 fully saturated rings. The summed E-state index contributed by atoms with van der Waals surface area (Å²) in [4.78, 5) is 25.7. The van der Waals surface area contributed by atoms with E-state index in [2.05, 4.69) is 16.2 Å². The smallest absolute Gasteiger partial charge is 0.352 e. The number of carboxylic acid groups (broad SMARTS) is 1. The first-order valence-electron chi connectivity index (χ1n) is 5.42. The molecular weight excluding hydrogens is 232 g/mol. The van der Waals surface area contributed by atoms with Gasteiger partial charge in [-0.15, -0.1) is 6.42 Å².